The molecular weight excluding hydrogens is 972 g/mol. The van der Waals surface area contributed by atoms with Gasteiger partial charge in [0, 0.05) is 96.0 Å². The van der Waals surface area contributed by atoms with Gasteiger partial charge in [0.1, 0.15) is 0 Å². The lowest BCUT2D eigenvalue weighted by Gasteiger charge is -2.45. The SMILES string of the molecule is [2H]c1c(-n2c3c([2H])c([2H])c([2H])c([2H])c3c3c([2H])c([2H])c([2H])c([2H])c32)cc2c(c1[2H])B1c3c(cc(C(C)(C)C)cc3N(c3cccc4sc5ccccc5c34)c3c([2H])c(-n4c5c([2H])c([2H])c([2H])c([2H])c5c5c([2H])c([2H])c([2H])c([2H])c54)c([2H])c([2H])c31)N2c1cccc2sc3ccccc3c12. The summed E-state index contributed by atoms with van der Waals surface area (Å²) in [6.07, 6.45) is 0. The molecule has 7 heteroatoms. The van der Waals surface area contributed by atoms with E-state index in [0.717, 1.165) is 50.5 Å². The zero-order chi connectivity index (χ0) is 69.1. The second kappa shape index (κ2) is 15.8. The minimum absolute atomic E-state index is 0.0250. The largest absolute Gasteiger partial charge is 0.311 e. The van der Waals surface area contributed by atoms with Crippen molar-refractivity contribution in [3.05, 3.63) is 236 Å². The number of fused-ring (bicyclic) bond motifs is 16. The molecule has 11 aromatic carbocycles. The molecule has 4 nitrogen and oxygen atoms in total. The van der Waals surface area contributed by atoms with Crippen LogP contribution in [0.2, 0.25) is 0 Å². The molecule has 6 heterocycles. The molecule has 0 radical (unpaired) electrons. The predicted octanol–water partition coefficient (Wildman–Crippen LogP) is 18.0. The van der Waals surface area contributed by atoms with Gasteiger partial charge in [-0.3, -0.25) is 0 Å². The lowest BCUT2D eigenvalue weighted by Crippen LogP contribution is -2.61. The van der Waals surface area contributed by atoms with Gasteiger partial charge in [-0.05, 0) is 124 Å². The van der Waals surface area contributed by atoms with E-state index in [1.54, 1.807) is 17.4 Å². The molecule has 15 aromatic rings. The van der Waals surface area contributed by atoms with Crippen LogP contribution in [0.3, 0.4) is 0 Å². The van der Waals surface area contributed by atoms with E-state index in [-0.39, 0.29) is 71.6 Å². The van der Waals surface area contributed by atoms with E-state index in [1.165, 1.54) is 15.9 Å². The van der Waals surface area contributed by atoms with E-state index in [1.807, 2.05) is 128 Å². The lowest BCUT2D eigenvalue weighted by molar-refractivity contribution is 0.590. The number of para-hydroxylation sites is 4. The fourth-order valence-electron chi connectivity index (χ4n) is 12.0. The Morgan fingerprint density at radius 1 is 0.390 bits per heavy atom. The molecule has 0 saturated heterocycles. The Labute approximate surface area is 483 Å². The van der Waals surface area contributed by atoms with Crippen molar-refractivity contribution in [1.29, 1.82) is 0 Å². The molecule has 0 spiro atoms. The van der Waals surface area contributed by atoms with Gasteiger partial charge in [-0.2, -0.15) is 0 Å². The van der Waals surface area contributed by atoms with Crippen LogP contribution in [0.15, 0.2) is 230 Å². The topological polar surface area (TPSA) is 16.3 Å². The molecule has 0 bridgehead atoms. The normalized spacial score (nSPS) is 17.1. The van der Waals surface area contributed by atoms with Gasteiger partial charge in [-0.25, -0.2) is 0 Å². The average molecular weight is 1040 g/mol. The van der Waals surface area contributed by atoms with Crippen molar-refractivity contribution < 1.29 is 28.8 Å². The smallest absolute Gasteiger partial charge is 0.252 e. The number of hydrogen-bond acceptors (Lipinski definition) is 4. The first-order valence-electron chi connectivity index (χ1n) is 35.5. The van der Waals surface area contributed by atoms with E-state index >= 15 is 0 Å². The molecule has 0 unspecified atom stereocenters. The summed E-state index contributed by atoms with van der Waals surface area (Å²) in [7, 11) is 0. The van der Waals surface area contributed by atoms with E-state index in [0.29, 0.717) is 28.2 Å². The van der Waals surface area contributed by atoms with E-state index in [9.17, 15) is 17.8 Å². The number of thiophene rings is 2. The van der Waals surface area contributed by atoms with Crippen molar-refractivity contribution in [1.82, 2.24) is 9.13 Å². The van der Waals surface area contributed by atoms with Crippen LogP contribution in [-0.2, 0) is 5.41 Å². The maximum Gasteiger partial charge on any atom is 0.252 e. The second-order valence-corrected chi connectivity index (χ2v) is 22.6. The van der Waals surface area contributed by atoms with Crippen molar-refractivity contribution >= 4 is 164 Å². The van der Waals surface area contributed by atoms with Crippen molar-refractivity contribution in [2.24, 2.45) is 0 Å². The summed E-state index contributed by atoms with van der Waals surface area (Å²) in [5, 5.41) is 2.11. The zero-order valence-electron chi connectivity index (χ0n) is 62.0. The molecule has 362 valence electrons. The minimum atomic E-state index is -1.38. The highest BCUT2D eigenvalue weighted by Crippen LogP contribution is 2.52. The first kappa shape index (κ1) is 27.8. The Morgan fingerprint density at radius 3 is 1.32 bits per heavy atom. The molecule has 4 aromatic heterocycles. The summed E-state index contributed by atoms with van der Waals surface area (Å²) >= 11 is 3.08. The van der Waals surface area contributed by atoms with Gasteiger partial charge in [0.05, 0.1) is 62.2 Å². The summed E-state index contributed by atoms with van der Waals surface area (Å²) in [6, 6.07) is 19.3. The summed E-state index contributed by atoms with van der Waals surface area (Å²) in [5.74, 6) is 0. The van der Waals surface area contributed by atoms with Gasteiger partial charge in [0.15, 0.2) is 0 Å². The van der Waals surface area contributed by atoms with Crippen LogP contribution in [0.4, 0.5) is 34.1 Å². The van der Waals surface area contributed by atoms with Gasteiger partial charge >= 0.3 is 0 Å². The Morgan fingerprint density at radius 2 is 0.818 bits per heavy atom. The fourth-order valence-corrected chi connectivity index (χ4v) is 14.2. The van der Waals surface area contributed by atoms with Gasteiger partial charge in [-0.15, -0.1) is 22.7 Å². The van der Waals surface area contributed by atoms with Crippen LogP contribution in [0.1, 0.15) is 55.1 Å². The monoisotopic (exact) mass is 1040 g/mol. The highest BCUT2D eigenvalue weighted by Gasteiger charge is 2.45. The number of hydrogen-bond donors (Lipinski definition) is 0. The van der Waals surface area contributed by atoms with Gasteiger partial charge in [0.25, 0.3) is 6.71 Å². The van der Waals surface area contributed by atoms with Crippen LogP contribution in [0, 0.1) is 0 Å². The van der Waals surface area contributed by atoms with Crippen LogP contribution < -0.4 is 26.2 Å². The van der Waals surface area contributed by atoms with E-state index in [4.69, 9.17) is 11.0 Å². The zero-order valence-corrected chi connectivity index (χ0v) is 42.6. The number of rotatable bonds is 4. The third-order valence-electron chi connectivity index (χ3n) is 15.3. The first-order valence-corrected chi connectivity index (χ1v) is 26.6. The maximum atomic E-state index is 11.2. The van der Waals surface area contributed by atoms with Crippen molar-refractivity contribution in [2.45, 2.75) is 26.2 Å². The number of nitrogens with zero attached hydrogens (tertiary/aromatic N) is 4. The number of anilines is 6. The Hall–Kier alpha value is -8.88. The number of benzene rings is 11. The fraction of sp³-hybridized carbons (Fsp3) is 0.0571. The Bertz CT molecular complexity index is 6150. The molecule has 2 aliphatic rings. The standard InChI is InChI=1S/C70H47BN4S2/c1-70(2,3)42-38-61-69-62(39-42)75(58-29-17-33-66-68(58)50-23-9-15-31-64(50)77-66)60-41-44(73-55-26-12-6-20-47(55)48-21-7-13-27-56(48)73)35-37-52(60)71(69)51-36-34-43(72-53-24-10-4-18-45(53)46-19-5-11-25-54(46)72)40-59(51)74(61)57-28-16-32-65-67(57)49-22-8-14-30-63(49)76-65/h4-41H,1-3H3/i4D,5D,6D,7D,10D,11D,12D,13D,18D,19D,20D,21D,24D,25D,26D,27D,34D,35D,36D,37D,40D. The van der Waals surface area contributed by atoms with E-state index in [2.05, 4.69) is 0 Å². The Kier molecular flexibility index (Phi) is 5.71. The maximum absolute atomic E-state index is 11.2. The highest BCUT2D eigenvalue weighted by atomic mass is 32.1. The molecule has 2 aliphatic heterocycles. The van der Waals surface area contributed by atoms with Crippen LogP contribution >= 0.6 is 22.7 Å². The van der Waals surface area contributed by atoms with Gasteiger partial charge in [-0.1, -0.05) is 154 Å². The number of aromatic nitrogens is 2. The predicted molar refractivity (Wildman–Crippen MR) is 334 cm³/mol. The molecule has 0 amide bonds. The third kappa shape index (κ3) is 6.04. The van der Waals surface area contributed by atoms with E-state index < -0.39 is 145 Å². The van der Waals surface area contributed by atoms with Gasteiger partial charge < -0.3 is 18.9 Å². The molecular formula is C70H47BN4S2. The highest BCUT2D eigenvalue weighted by molar-refractivity contribution is 7.26. The summed E-state index contributed by atoms with van der Waals surface area (Å²) in [5.41, 5.74) is 0.624. The van der Waals surface area contributed by atoms with Crippen LogP contribution in [-0.4, -0.2) is 15.8 Å². The second-order valence-electron chi connectivity index (χ2n) is 20.4. The molecule has 0 atom stereocenters. The quantitative estimate of drug-likeness (QED) is 0.163. The Balaban J connectivity index is 1.11. The molecule has 17 rings (SSSR count). The van der Waals surface area contributed by atoms with Crippen LogP contribution in [0.25, 0.3) is 95.3 Å². The van der Waals surface area contributed by atoms with Crippen molar-refractivity contribution in [2.75, 3.05) is 9.80 Å². The molecule has 0 saturated carbocycles. The average Bonchev–Trinajstić information content (AvgIpc) is 1.00. The summed E-state index contributed by atoms with van der Waals surface area (Å²) < 4.78 is 207. The summed E-state index contributed by atoms with van der Waals surface area (Å²) in [6.45, 7) is 4.72. The minimum Gasteiger partial charge on any atom is -0.311 e. The van der Waals surface area contributed by atoms with Gasteiger partial charge in [0.2, 0.25) is 0 Å². The van der Waals surface area contributed by atoms with Crippen LogP contribution in [0.5, 0.6) is 0 Å². The third-order valence-corrected chi connectivity index (χ3v) is 17.5. The molecule has 77 heavy (non-hydrogen) atoms. The molecule has 0 N–H and O–H groups in total. The molecule has 0 fully saturated rings. The van der Waals surface area contributed by atoms with Crippen molar-refractivity contribution in [3.8, 4) is 11.4 Å². The lowest BCUT2D eigenvalue weighted by atomic mass is 9.33. The summed E-state index contributed by atoms with van der Waals surface area (Å²) in [4.78, 5) is 3.84. The first-order chi connectivity index (χ1) is 46.6. The molecule has 0 aliphatic carbocycles. The van der Waals surface area contributed by atoms with Crippen molar-refractivity contribution in [3.63, 3.8) is 0 Å².